The van der Waals surface area contributed by atoms with Gasteiger partial charge >= 0.3 is 0 Å². The minimum absolute atomic E-state index is 0.397. The first kappa shape index (κ1) is 20.5. The lowest BCUT2D eigenvalue weighted by atomic mass is 10.2. The van der Waals surface area contributed by atoms with E-state index in [1.165, 1.54) is 31.0 Å². The van der Waals surface area contributed by atoms with E-state index in [2.05, 4.69) is 30.3 Å². The summed E-state index contributed by atoms with van der Waals surface area (Å²) in [5.41, 5.74) is 0.745. The molecule has 4 bridgehead atoms. The molecule has 1 aromatic heterocycles. The molecule has 1 aliphatic heterocycles. The Hall–Kier alpha value is -4.79. The number of nitrogens with zero attached hydrogens (tertiary/aromatic N) is 5. The lowest BCUT2D eigenvalue weighted by Gasteiger charge is -2.07. The first-order chi connectivity index (χ1) is 15.7. The molecule has 2 aromatic carbocycles. The molecule has 0 spiro atoms. The molecule has 156 valence electrons. The van der Waals surface area contributed by atoms with Crippen LogP contribution in [-0.2, 0) is 9.59 Å². The van der Waals surface area contributed by atoms with Crippen LogP contribution in [-0.4, -0.2) is 34.2 Å². The topological polar surface area (TPSA) is 118 Å². The molecule has 0 aliphatic carbocycles. The number of allylic oxidation sites excluding steroid dienone is 1. The van der Waals surface area contributed by atoms with Crippen LogP contribution in [0.5, 0.6) is 5.75 Å². The van der Waals surface area contributed by atoms with Gasteiger partial charge in [-0.25, -0.2) is 24.9 Å². The Morgan fingerprint density at radius 2 is 1.78 bits per heavy atom. The summed E-state index contributed by atoms with van der Waals surface area (Å²) in [6.45, 7) is 0. The van der Waals surface area contributed by atoms with E-state index in [0.717, 1.165) is 11.9 Å². The number of para-hydroxylation sites is 1. The summed E-state index contributed by atoms with van der Waals surface area (Å²) in [5, 5.41) is 4.22. The number of rotatable bonds is 0. The SMILES string of the molecule is O=C1C=NC(=O)C=c2ccccc2=Nc2cc(ncn2)Nc2cccc(c2)OC=CC=N1. The van der Waals surface area contributed by atoms with Crippen LogP contribution in [0.2, 0.25) is 0 Å². The molecule has 0 saturated heterocycles. The van der Waals surface area contributed by atoms with Crippen molar-refractivity contribution >= 4 is 47.6 Å². The van der Waals surface area contributed by atoms with Gasteiger partial charge in [-0.1, -0.05) is 24.3 Å². The van der Waals surface area contributed by atoms with Crippen molar-refractivity contribution in [3.05, 3.63) is 83.8 Å². The molecule has 0 radical (unpaired) electrons. The maximum absolute atomic E-state index is 12.2. The second kappa shape index (κ2) is 9.81. The molecule has 0 fully saturated rings. The van der Waals surface area contributed by atoms with Gasteiger partial charge < -0.3 is 10.1 Å². The molecular formula is C23H16N6O3. The molecule has 2 amide bonds. The smallest absolute Gasteiger partial charge is 0.288 e. The third-order valence-corrected chi connectivity index (χ3v) is 4.08. The van der Waals surface area contributed by atoms with E-state index in [4.69, 9.17) is 4.74 Å². The third kappa shape index (κ3) is 5.63. The van der Waals surface area contributed by atoms with E-state index in [0.29, 0.717) is 28.0 Å². The number of anilines is 2. The normalized spacial score (nSPS) is 13.8. The number of amides is 2. The average molecular weight is 424 g/mol. The van der Waals surface area contributed by atoms with E-state index >= 15 is 0 Å². The number of benzene rings is 2. The van der Waals surface area contributed by atoms with Crippen LogP contribution >= 0.6 is 0 Å². The van der Waals surface area contributed by atoms with Gasteiger partial charge in [0.05, 0.1) is 17.8 Å². The van der Waals surface area contributed by atoms with Gasteiger partial charge in [-0.3, -0.25) is 9.59 Å². The maximum atomic E-state index is 12.2. The van der Waals surface area contributed by atoms with E-state index in [1.54, 1.807) is 42.5 Å². The summed E-state index contributed by atoms with van der Waals surface area (Å²) < 4.78 is 5.51. The number of aromatic nitrogens is 2. The average Bonchev–Trinajstić information content (AvgIpc) is 2.79. The summed E-state index contributed by atoms with van der Waals surface area (Å²) in [7, 11) is 0. The van der Waals surface area contributed by atoms with Crippen LogP contribution in [0.15, 0.2) is 88.2 Å². The molecule has 32 heavy (non-hydrogen) atoms. The fourth-order valence-electron chi connectivity index (χ4n) is 2.70. The van der Waals surface area contributed by atoms with Crippen molar-refractivity contribution in [2.75, 3.05) is 5.32 Å². The first-order valence-electron chi connectivity index (χ1n) is 9.48. The van der Waals surface area contributed by atoms with E-state index < -0.39 is 11.8 Å². The highest BCUT2D eigenvalue weighted by molar-refractivity contribution is 6.31. The highest BCUT2D eigenvalue weighted by Gasteiger charge is 2.02. The molecule has 9 heteroatoms. The number of carbonyl (C=O) groups is 2. The predicted octanol–water partition coefficient (Wildman–Crippen LogP) is 2.05. The summed E-state index contributed by atoms with van der Waals surface area (Å²) in [6, 6.07) is 15.9. The standard InChI is InChI=1S/C23H16N6O3/c30-22-11-16-5-1-2-8-19(16)29-21-13-20(26-15-27-21)28-17-6-3-7-18(12-17)32-10-4-9-24-23(31)14-25-22/h1-15H,(H,26,27,28). The fourth-order valence-corrected chi connectivity index (χ4v) is 2.70. The lowest BCUT2D eigenvalue weighted by Crippen LogP contribution is -2.25. The second-order valence-electron chi connectivity index (χ2n) is 6.39. The molecule has 0 atom stereocenters. The Labute approximate surface area is 182 Å². The summed E-state index contributed by atoms with van der Waals surface area (Å²) in [4.78, 5) is 44.1. The van der Waals surface area contributed by atoms with Crippen LogP contribution in [0, 0.1) is 0 Å². The number of ether oxygens (including phenoxy) is 1. The van der Waals surface area contributed by atoms with Crippen molar-refractivity contribution in [3.63, 3.8) is 0 Å². The van der Waals surface area contributed by atoms with Crippen molar-refractivity contribution < 1.29 is 14.3 Å². The number of hydrogen-bond donors (Lipinski definition) is 1. The van der Waals surface area contributed by atoms with Crippen molar-refractivity contribution in [2.24, 2.45) is 15.0 Å². The van der Waals surface area contributed by atoms with Gasteiger partial charge in [0.15, 0.2) is 5.82 Å². The van der Waals surface area contributed by atoms with Crippen LogP contribution in [0.4, 0.5) is 17.3 Å². The molecule has 4 rings (SSSR count). The monoisotopic (exact) mass is 424 g/mol. The van der Waals surface area contributed by atoms with Crippen LogP contribution in [0.1, 0.15) is 0 Å². The third-order valence-electron chi connectivity index (χ3n) is 4.08. The number of aliphatic imine (C=N–C) groups is 2. The quantitative estimate of drug-likeness (QED) is 0.590. The van der Waals surface area contributed by atoms with Gasteiger partial charge in [0.2, 0.25) is 0 Å². The van der Waals surface area contributed by atoms with Gasteiger partial charge in [-0.05, 0) is 24.3 Å². The van der Waals surface area contributed by atoms with Crippen LogP contribution in [0.3, 0.4) is 0 Å². The number of fused-ring (bicyclic) bond motifs is 5. The van der Waals surface area contributed by atoms with Gasteiger partial charge in [-0.15, -0.1) is 0 Å². The highest BCUT2D eigenvalue weighted by atomic mass is 16.5. The minimum atomic E-state index is -0.677. The van der Waals surface area contributed by atoms with Crippen molar-refractivity contribution in [2.45, 2.75) is 0 Å². The van der Waals surface area contributed by atoms with Crippen molar-refractivity contribution in [1.29, 1.82) is 0 Å². The van der Waals surface area contributed by atoms with Crippen LogP contribution in [0.25, 0.3) is 6.08 Å². The van der Waals surface area contributed by atoms with E-state index in [1.807, 2.05) is 12.1 Å². The summed E-state index contributed by atoms with van der Waals surface area (Å²) in [6.07, 6.45) is 7.61. The highest BCUT2D eigenvalue weighted by Crippen LogP contribution is 2.21. The Kier molecular flexibility index (Phi) is 6.28. The van der Waals surface area contributed by atoms with Crippen LogP contribution < -0.4 is 20.6 Å². The summed E-state index contributed by atoms with van der Waals surface area (Å²) >= 11 is 0. The zero-order valence-electron chi connectivity index (χ0n) is 16.6. The molecule has 2 heterocycles. The van der Waals surface area contributed by atoms with E-state index in [9.17, 15) is 9.59 Å². The fraction of sp³-hybridized carbons (Fsp3) is 0. The zero-order valence-corrected chi connectivity index (χ0v) is 16.6. The molecular weight excluding hydrogens is 408 g/mol. The molecule has 0 unspecified atom stereocenters. The molecule has 0 saturated carbocycles. The van der Waals surface area contributed by atoms with Crippen molar-refractivity contribution in [3.8, 4) is 5.75 Å². The Balaban J connectivity index is 1.79. The predicted molar refractivity (Wildman–Crippen MR) is 120 cm³/mol. The van der Waals surface area contributed by atoms with Gasteiger partial charge in [-0.2, -0.15) is 0 Å². The Morgan fingerprint density at radius 3 is 2.72 bits per heavy atom. The van der Waals surface area contributed by atoms with Gasteiger partial charge in [0.1, 0.15) is 17.9 Å². The lowest BCUT2D eigenvalue weighted by molar-refractivity contribution is -0.113. The molecule has 9 nitrogen and oxygen atoms in total. The number of carbonyl (C=O) groups excluding carboxylic acids is 2. The number of nitrogens with one attached hydrogen (secondary N) is 1. The molecule has 1 N–H and O–H groups in total. The Bertz CT molecular complexity index is 1380. The maximum Gasteiger partial charge on any atom is 0.288 e. The second-order valence-corrected chi connectivity index (χ2v) is 6.39. The minimum Gasteiger partial charge on any atom is -0.465 e. The van der Waals surface area contributed by atoms with Gasteiger partial charge in [0.25, 0.3) is 11.8 Å². The zero-order chi connectivity index (χ0) is 22.2. The largest absolute Gasteiger partial charge is 0.465 e. The van der Waals surface area contributed by atoms with E-state index in [-0.39, 0.29) is 0 Å². The van der Waals surface area contributed by atoms with Crippen molar-refractivity contribution in [1.82, 2.24) is 9.97 Å². The van der Waals surface area contributed by atoms with Gasteiger partial charge in [0, 0.05) is 35.3 Å². The summed E-state index contributed by atoms with van der Waals surface area (Å²) in [5.74, 6) is 0.203. The molecule has 1 aliphatic rings. The first-order valence-corrected chi connectivity index (χ1v) is 9.48. The molecule has 3 aromatic rings. The number of hydrogen-bond acceptors (Lipinski definition) is 7. The Morgan fingerprint density at radius 1 is 0.875 bits per heavy atom.